The normalized spacial score (nSPS) is 10.7. The van der Waals surface area contributed by atoms with Crippen LogP contribution in [-0.2, 0) is 4.79 Å². The van der Waals surface area contributed by atoms with E-state index in [1.807, 2.05) is 55.5 Å². The minimum absolute atomic E-state index is 0.133. The summed E-state index contributed by atoms with van der Waals surface area (Å²) in [6.07, 6.45) is 1.59. The molecule has 8 nitrogen and oxygen atoms in total. The van der Waals surface area contributed by atoms with Crippen LogP contribution in [0, 0.1) is 6.92 Å². The minimum Gasteiger partial charge on any atom is -0.495 e. The van der Waals surface area contributed by atoms with Crippen molar-refractivity contribution in [2.75, 3.05) is 18.2 Å². The Morgan fingerprint density at radius 1 is 1.20 bits per heavy atom. The first-order valence-corrected chi connectivity index (χ1v) is 10.1. The number of amides is 1. The van der Waals surface area contributed by atoms with E-state index in [0.717, 1.165) is 16.8 Å². The van der Waals surface area contributed by atoms with Gasteiger partial charge in [-0.15, -0.1) is 10.2 Å². The maximum Gasteiger partial charge on any atom is 0.237 e. The number of carbonyl (C=O) groups is 1. The Balaban J connectivity index is 1.40. The van der Waals surface area contributed by atoms with E-state index >= 15 is 0 Å². The molecule has 0 unspecified atom stereocenters. The van der Waals surface area contributed by atoms with Crippen LogP contribution in [-0.4, -0.2) is 38.7 Å². The first-order chi connectivity index (χ1) is 14.6. The second kappa shape index (κ2) is 8.83. The molecular formula is C21H19N5O3S. The molecule has 0 saturated heterocycles. The van der Waals surface area contributed by atoms with Gasteiger partial charge in [0.15, 0.2) is 5.16 Å². The Morgan fingerprint density at radius 2 is 2.00 bits per heavy atom. The molecule has 1 N–H and O–H groups in total. The Hall–Kier alpha value is -3.59. The summed E-state index contributed by atoms with van der Waals surface area (Å²) in [5.74, 6) is 0.881. The average molecular weight is 421 g/mol. The third-order valence-electron chi connectivity index (χ3n) is 4.31. The Morgan fingerprint density at radius 3 is 2.80 bits per heavy atom. The molecule has 0 fully saturated rings. The zero-order valence-corrected chi connectivity index (χ0v) is 17.2. The predicted octanol–water partition coefficient (Wildman–Crippen LogP) is 3.97. The molecule has 0 saturated carbocycles. The van der Waals surface area contributed by atoms with E-state index < -0.39 is 0 Å². The van der Waals surface area contributed by atoms with Crippen LogP contribution in [0.1, 0.15) is 5.56 Å². The number of carbonyl (C=O) groups excluding carboxylic acids is 1. The first kappa shape index (κ1) is 19.7. The predicted molar refractivity (Wildman–Crippen MR) is 114 cm³/mol. The highest BCUT2D eigenvalue weighted by Gasteiger charge is 2.14. The van der Waals surface area contributed by atoms with Gasteiger partial charge in [-0.25, -0.2) is 0 Å². The molecule has 2 aromatic heterocycles. The van der Waals surface area contributed by atoms with E-state index in [1.54, 1.807) is 24.1 Å². The van der Waals surface area contributed by atoms with Gasteiger partial charge in [-0.05, 0) is 19.1 Å². The summed E-state index contributed by atoms with van der Waals surface area (Å²) < 4.78 is 12.4. The van der Waals surface area contributed by atoms with Crippen molar-refractivity contribution in [3.05, 3.63) is 66.5 Å². The van der Waals surface area contributed by atoms with E-state index in [9.17, 15) is 4.79 Å². The van der Waals surface area contributed by atoms with Crippen molar-refractivity contribution in [2.45, 2.75) is 12.1 Å². The molecular weight excluding hydrogens is 402 g/mol. The summed E-state index contributed by atoms with van der Waals surface area (Å²) >= 11 is 1.26. The molecule has 0 bridgehead atoms. The molecule has 1 amide bonds. The number of thioether (sulfide) groups is 1. The van der Waals surface area contributed by atoms with Gasteiger partial charge in [0.1, 0.15) is 17.8 Å². The summed E-state index contributed by atoms with van der Waals surface area (Å²) in [5, 5.41) is 15.4. The average Bonchev–Trinajstić information content (AvgIpc) is 3.42. The summed E-state index contributed by atoms with van der Waals surface area (Å²) in [6, 6.07) is 17.1. The van der Waals surface area contributed by atoms with Gasteiger partial charge >= 0.3 is 0 Å². The number of aromatic nitrogens is 4. The number of aryl methyl sites for hydroxylation is 1. The highest BCUT2D eigenvalue weighted by molar-refractivity contribution is 7.99. The lowest BCUT2D eigenvalue weighted by atomic mass is 10.1. The lowest BCUT2D eigenvalue weighted by molar-refractivity contribution is -0.113. The monoisotopic (exact) mass is 421 g/mol. The van der Waals surface area contributed by atoms with Gasteiger partial charge in [0.05, 0.1) is 18.6 Å². The van der Waals surface area contributed by atoms with E-state index in [2.05, 4.69) is 20.7 Å². The molecule has 0 aliphatic rings. The smallest absolute Gasteiger partial charge is 0.237 e. The third-order valence-corrected chi connectivity index (χ3v) is 5.26. The molecule has 2 aromatic carbocycles. The fourth-order valence-corrected chi connectivity index (χ4v) is 3.54. The van der Waals surface area contributed by atoms with E-state index in [-0.39, 0.29) is 11.7 Å². The molecule has 4 rings (SSSR count). The number of anilines is 1. The lowest BCUT2D eigenvalue weighted by Crippen LogP contribution is -2.14. The number of nitrogens with zero attached hydrogens (tertiary/aromatic N) is 4. The quantitative estimate of drug-likeness (QED) is 0.451. The van der Waals surface area contributed by atoms with Crippen molar-refractivity contribution in [2.24, 2.45) is 0 Å². The van der Waals surface area contributed by atoms with E-state index in [1.165, 1.54) is 11.8 Å². The van der Waals surface area contributed by atoms with Crippen LogP contribution in [0.3, 0.4) is 0 Å². The molecule has 4 aromatic rings. The number of hydrogen-bond donors (Lipinski definition) is 1. The molecule has 152 valence electrons. The van der Waals surface area contributed by atoms with Gasteiger partial charge in [0.25, 0.3) is 0 Å². The lowest BCUT2D eigenvalue weighted by Gasteiger charge is -2.10. The molecule has 0 aliphatic carbocycles. The van der Waals surface area contributed by atoms with Crippen molar-refractivity contribution in [1.29, 1.82) is 0 Å². The number of rotatable bonds is 7. The van der Waals surface area contributed by atoms with Gasteiger partial charge in [0.2, 0.25) is 11.8 Å². The number of ether oxygens (including phenoxy) is 1. The summed E-state index contributed by atoms with van der Waals surface area (Å²) in [4.78, 5) is 12.4. The number of para-hydroxylation sites is 2. The molecule has 0 radical (unpaired) electrons. The number of hydrogen-bond acceptors (Lipinski definition) is 7. The Labute approximate surface area is 177 Å². The van der Waals surface area contributed by atoms with Crippen LogP contribution in [0.5, 0.6) is 5.75 Å². The topological polar surface area (TPSA) is 95.1 Å². The molecule has 9 heteroatoms. The van der Waals surface area contributed by atoms with Crippen molar-refractivity contribution in [1.82, 2.24) is 19.9 Å². The number of nitrogens with one attached hydrogen (secondary N) is 1. The fraction of sp³-hybridized carbons (Fsp3) is 0.143. The summed E-state index contributed by atoms with van der Waals surface area (Å²) in [6.45, 7) is 2.02. The van der Waals surface area contributed by atoms with Crippen LogP contribution < -0.4 is 10.1 Å². The van der Waals surface area contributed by atoms with Gasteiger partial charge in [-0.2, -0.15) is 0 Å². The standard InChI is InChI=1S/C21H19N5O3S/c1-14-7-9-15(10-8-14)16-11-20(29-25-16)23-19(27)12-30-21-24-22-13-26(21)17-5-3-4-6-18(17)28-2/h3-11,13H,12H2,1-2H3,(H,23,27). The molecule has 0 atom stereocenters. The number of methoxy groups -OCH3 is 1. The highest BCUT2D eigenvalue weighted by atomic mass is 32.2. The Bertz CT molecular complexity index is 1150. The number of benzene rings is 2. The van der Waals surface area contributed by atoms with Gasteiger partial charge < -0.3 is 9.26 Å². The van der Waals surface area contributed by atoms with Crippen LogP contribution in [0.4, 0.5) is 5.88 Å². The Kier molecular flexibility index (Phi) is 5.80. The summed E-state index contributed by atoms with van der Waals surface area (Å²) in [5.41, 5.74) is 3.54. The minimum atomic E-state index is -0.235. The highest BCUT2D eigenvalue weighted by Crippen LogP contribution is 2.27. The molecule has 30 heavy (non-hydrogen) atoms. The third kappa shape index (κ3) is 4.36. The van der Waals surface area contributed by atoms with Crippen LogP contribution in [0.25, 0.3) is 16.9 Å². The second-order valence-corrected chi connectivity index (χ2v) is 7.38. The molecule has 0 spiro atoms. The van der Waals surface area contributed by atoms with E-state index in [4.69, 9.17) is 9.26 Å². The van der Waals surface area contributed by atoms with Crippen LogP contribution in [0.15, 0.2) is 70.6 Å². The maximum atomic E-state index is 12.4. The molecule has 2 heterocycles. The summed E-state index contributed by atoms with van der Waals surface area (Å²) in [7, 11) is 1.60. The van der Waals surface area contributed by atoms with E-state index in [0.29, 0.717) is 22.5 Å². The van der Waals surface area contributed by atoms with Gasteiger partial charge in [0, 0.05) is 11.6 Å². The fourth-order valence-electron chi connectivity index (χ4n) is 2.81. The van der Waals surface area contributed by atoms with Crippen molar-refractivity contribution in [3.8, 4) is 22.7 Å². The van der Waals surface area contributed by atoms with Gasteiger partial charge in [-0.1, -0.05) is 58.9 Å². The second-order valence-electron chi connectivity index (χ2n) is 6.43. The first-order valence-electron chi connectivity index (χ1n) is 9.14. The largest absolute Gasteiger partial charge is 0.495 e. The van der Waals surface area contributed by atoms with Crippen LogP contribution >= 0.6 is 11.8 Å². The van der Waals surface area contributed by atoms with Crippen molar-refractivity contribution >= 4 is 23.6 Å². The van der Waals surface area contributed by atoms with Crippen LogP contribution in [0.2, 0.25) is 0 Å². The zero-order valence-electron chi connectivity index (χ0n) is 16.4. The van der Waals surface area contributed by atoms with Crippen molar-refractivity contribution in [3.63, 3.8) is 0 Å². The maximum absolute atomic E-state index is 12.4. The SMILES string of the molecule is COc1ccccc1-n1cnnc1SCC(=O)Nc1cc(-c2ccc(C)cc2)no1. The molecule has 0 aliphatic heterocycles. The zero-order chi connectivity index (χ0) is 20.9. The van der Waals surface area contributed by atoms with Gasteiger partial charge in [-0.3, -0.25) is 14.7 Å². The van der Waals surface area contributed by atoms with Crippen molar-refractivity contribution < 1.29 is 14.1 Å².